The number of aliphatic carboxylic acids is 1. The van der Waals surface area contributed by atoms with E-state index < -0.39 is 5.97 Å². The van der Waals surface area contributed by atoms with Gasteiger partial charge in [-0.2, -0.15) is 0 Å². The van der Waals surface area contributed by atoms with Gasteiger partial charge in [0.1, 0.15) is 12.4 Å². The van der Waals surface area contributed by atoms with Gasteiger partial charge in [-0.1, -0.05) is 30.3 Å². The van der Waals surface area contributed by atoms with E-state index in [1.807, 2.05) is 30.3 Å². The smallest absolute Gasteiger partial charge is 0.323 e. The molecular weight excluding hydrogens is 230 g/mol. The Morgan fingerprint density at radius 3 is 2.38 bits per heavy atom. The van der Waals surface area contributed by atoms with Crippen LogP contribution in [-0.2, 0) is 16.1 Å². The number of rotatable bonds is 5. The monoisotopic (exact) mass is 241 g/mol. The van der Waals surface area contributed by atoms with Crippen molar-refractivity contribution >= 4 is 23.5 Å². The zero-order valence-electron chi connectivity index (χ0n) is 8.60. The quantitative estimate of drug-likeness (QED) is 0.792. The molecule has 0 heterocycles. The minimum absolute atomic E-state index is 0.208. The molecule has 0 aliphatic heterocycles. The molecule has 1 aromatic carbocycles. The summed E-state index contributed by atoms with van der Waals surface area (Å²) in [5.74, 6) is -1.64. The maximum absolute atomic E-state index is 11.4. The third-order valence-corrected chi connectivity index (χ3v) is 2.24. The molecule has 86 valence electrons. The Bertz CT molecular complexity index is 367. The second kappa shape index (κ2) is 6.12. The highest BCUT2D eigenvalue weighted by molar-refractivity contribution is 6.27. The molecule has 1 amide bonds. The van der Waals surface area contributed by atoms with Crippen LogP contribution in [0.5, 0.6) is 0 Å². The summed E-state index contributed by atoms with van der Waals surface area (Å²) in [6, 6.07) is 9.18. The molecule has 5 heteroatoms. The van der Waals surface area contributed by atoms with Gasteiger partial charge in [0.05, 0.1) is 0 Å². The van der Waals surface area contributed by atoms with Gasteiger partial charge in [0.2, 0.25) is 5.91 Å². The molecular formula is C11H12ClNO3. The number of carboxylic acid groups (broad SMARTS) is 1. The van der Waals surface area contributed by atoms with Gasteiger partial charge in [0.25, 0.3) is 0 Å². The van der Waals surface area contributed by atoms with E-state index in [0.29, 0.717) is 0 Å². The molecule has 4 nitrogen and oxygen atoms in total. The summed E-state index contributed by atoms with van der Waals surface area (Å²) < 4.78 is 0. The minimum Gasteiger partial charge on any atom is -0.480 e. The van der Waals surface area contributed by atoms with Gasteiger partial charge in [-0.3, -0.25) is 9.59 Å². The Balaban J connectivity index is 2.70. The zero-order valence-corrected chi connectivity index (χ0v) is 9.35. The number of hydrogen-bond acceptors (Lipinski definition) is 2. The molecule has 0 aromatic heterocycles. The average molecular weight is 242 g/mol. The van der Waals surface area contributed by atoms with Gasteiger partial charge < -0.3 is 10.0 Å². The minimum atomic E-state index is -1.05. The van der Waals surface area contributed by atoms with E-state index in [1.165, 1.54) is 4.90 Å². The molecule has 0 aliphatic carbocycles. The molecule has 0 radical (unpaired) electrons. The average Bonchev–Trinajstić information content (AvgIpc) is 2.28. The Morgan fingerprint density at radius 2 is 1.88 bits per heavy atom. The van der Waals surface area contributed by atoms with Gasteiger partial charge in [0, 0.05) is 6.54 Å². The molecule has 1 N–H and O–H groups in total. The largest absolute Gasteiger partial charge is 0.480 e. The zero-order chi connectivity index (χ0) is 12.0. The molecule has 0 aliphatic rings. The van der Waals surface area contributed by atoms with Crippen LogP contribution in [0.25, 0.3) is 0 Å². The second-order valence-corrected chi connectivity index (χ2v) is 3.53. The fourth-order valence-corrected chi connectivity index (χ4v) is 1.45. The van der Waals surface area contributed by atoms with E-state index in [0.717, 1.165) is 5.56 Å². The highest BCUT2D eigenvalue weighted by Crippen LogP contribution is 2.05. The van der Waals surface area contributed by atoms with Crippen LogP contribution in [0.15, 0.2) is 30.3 Å². The fraction of sp³-hybridized carbons (Fsp3) is 0.273. The van der Waals surface area contributed by atoms with Crippen LogP contribution >= 0.6 is 11.6 Å². The van der Waals surface area contributed by atoms with Crippen LogP contribution in [0.3, 0.4) is 0 Å². The normalized spacial score (nSPS) is 9.81. The van der Waals surface area contributed by atoms with Crippen LogP contribution in [-0.4, -0.2) is 34.3 Å². The SMILES string of the molecule is O=C(O)CN(Cc1ccccc1)C(=O)CCl. The molecule has 0 spiro atoms. The molecule has 0 unspecified atom stereocenters. The van der Waals surface area contributed by atoms with Crippen LogP contribution < -0.4 is 0 Å². The Kier molecular flexibility index (Phi) is 4.79. The number of nitrogens with zero attached hydrogens (tertiary/aromatic N) is 1. The van der Waals surface area contributed by atoms with Crippen molar-refractivity contribution < 1.29 is 14.7 Å². The first-order valence-electron chi connectivity index (χ1n) is 4.73. The van der Waals surface area contributed by atoms with Crippen molar-refractivity contribution in [2.24, 2.45) is 0 Å². The first-order valence-corrected chi connectivity index (χ1v) is 5.26. The van der Waals surface area contributed by atoms with Gasteiger partial charge in [0.15, 0.2) is 0 Å². The third-order valence-electron chi connectivity index (χ3n) is 2.01. The van der Waals surface area contributed by atoms with Crippen molar-refractivity contribution in [3.8, 4) is 0 Å². The molecule has 0 saturated heterocycles. The first-order chi connectivity index (χ1) is 7.63. The summed E-state index contributed by atoms with van der Waals surface area (Å²) in [4.78, 5) is 23.2. The molecule has 0 saturated carbocycles. The van der Waals surface area contributed by atoms with Crippen LogP contribution in [0, 0.1) is 0 Å². The second-order valence-electron chi connectivity index (χ2n) is 3.26. The predicted molar refractivity (Wildman–Crippen MR) is 60.2 cm³/mol. The summed E-state index contributed by atoms with van der Waals surface area (Å²) in [6.45, 7) is -0.0703. The molecule has 1 rings (SSSR count). The highest BCUT2D eigenvalue weighted by atomic mass is 35.5. The van der Waals surface area contributed by atoms with Crippen molar-refractivity contribution in [1.82, 2.24) is 4.90 Å². The van der Waals surface area contributed by atoms with E-state index in [2.05, 4.69) is 0 Å². The lowest BCUT2D eigenvalue weighted by Crippen LogP contribution is -2.35. The summed E-state index contributed by atoms with van der Waals surface area (Å²) in [6.07, 6.45) is 0. The van der Waals surface area contributed by atoms with Crippen molar-refractivity contribution in [2.75, 3.05) is 12.4 Å². The Hall–Kier alpha value is -1.55. The predicted octanol–water partition coefficient (Wildman–Crippen LogP) is 1.34. The van der Waals surface area contributed by atoms with Crippen LogP contribution in [0.4, 0.5) is 0 Å². The fourth-order valence-electron chi connectivity index (χ4n) is 1.28. The Labute approximate surface area is 98.4 Å². The summed E-state index contributed by atoms with van der Waals surface area (Å²) in [7, 11) is 0. The van der Waals surface area contributed by atoms with E-state index >= 15 is 0 Å². The van der Waals surface area contributed by atoms with Crippen LogP contribution in [0.2, 0.25) is 0 Å². The number of benzene rings is 1. The van der Waals surface area contributed by atoms with Crippen molar-refractivity contribution in [2.45, 2.75) is 6.54 Å². The number of carboxylic acids is 1. The van der Waals surface area contributed by atoms with Crippen molar-refractivity contribution in [1.29, 1.82) is 0 Å². The number of hydrogen-bond donors (Lipinski definition) is 1. The molecule has 1 aromatic rings. The van der Waals surface area contributed by atoms with Crippen molar-refractivity contribution in [3.05, 3.63) is 35.9 Å². The van der Waals surface area contributed by atoms with E-state index in [9.17, 15) is 9.59 Å². The lowest BCUT2D eigenvalue weighted by molar-refractivity contribution is -0.143. The third kappa shape index (κ3) is 3.90. The topological polar surface area (TPSA) is 57.6 Å². The maximum atomic E-state index is 11.4. The molecule has 0 fully saturated rings. The van der Waals surface area contributed by atoms with E-state index in [1.54, 1.807) is 0 Å². The Morgan fingerprint density at radius 1 is 1.25 bits per heavy atom. The number of halogens is 1. The van der Waals surface area contributed by atoms with Crippen LogP contribution in [0.1, 0.15) is 5.56 Å². The highest BCUT2D eigenvalue weighted by Gasteiger charge is 2.15. The lowest BCUT2D eigenvalue weighted by atomic mass is 10.2. The number of amides is 1. The standard InChI is InChI=1S/C11H12ClNO3/c12-6-10(14)13(8-11(15)16)7-9-4-2-1-3-5-9/h1-5H,6-8H2,(H,15,16). The van der Waals surface area contributed by atoms with E-state index in [-0.39, 0.29) is 24.9 Å². The lowest BCUT2D eigenvalue weighted by Gasteiger charge is -2.19. The maximum Gasteiger partial charge on any atom is 0.323 e. The number of alkyl halides is 1. The summed E-state index contributed by atoms with van der Waals surface area (Å²) >= 11 is 5.41. The number of carbonyl (C=O) groups is 2. The number of carbonyl (C=O) groups excluding carboxylic acids is 1. The van der Waals surface area contributed by atoms with Gasteiger partial charge in [-0.15, -0.1) is 11.6 Å². The summed E-state index contributed by atoms with van der Waals surface area (Å²) in [5.41, 5.74) is 0.877. The molecule has 0 bridgehead atoms. The van der Waals surface area contributed by atoms with Gasteiger partial charge in [-0.05, 0) is 5.56 Å². The summed E-state index contributed by atoms with van der Waals surface area (Å²) in [5, 5.41) is 8.67. The molecule has 16 heavy (non-hydrogen) atoms. The van der Waals surface area contributed by atoms with Gasteiger partial charge in [-0.25, -0.2) is 0 Å². The van der Waals surface area contributed by atoms with Gasteiger partial charge >= 0.3 is 5.97 Å². The van der Waals surface area contributed by atoms with E-state index in [4.69, 9.17) is 16.7 Å². The first kappa shape index (κ1) is 12.5. The van der Waals surface area contributed by atoms with Crippen molar-refractivity contribution in [3.63, 3.8) is 0 Å². The molecule has 0 atom stereocenters.